The molecule has 0 aliphatic rings. The lowest BCUT2D eigenvalue weighted by Crippen LogP contribution is -2.32. The van der Waals surface area contributed by atoms with E-state index in [4.69, 9.17) is 0 Å². The van der Waals surface area contributed by atoms with Gasteiger partial charge in [-0.3, -0.25) is 9.10 Å². The molecule has 0 bridgehead atoms. The van der Waals surface area contributed by atoms with Crippen LogP contribution in [0.1, 0.15) is 42.6 Å². The molecule has 0 aromatic heterocycles. The molecule has 0 spiro atoms. The largest absolute Gasteiger partial charge is 0.350 e. The second kappa shape index (κ2) is 8.99. The number of carbonyl (C=O) groups excluding carboxylic acids is 1. The summed E-state index contributed by atoms with van der Waals surface area (Å²) < 4.78 is 38.7. The topological polar surface area (TPSA) is 66.5 Å². The van der Waals surface area contributed by atoms with Crippen LogP contribution in [0.2, 0.25) is 0 Å². The van der Waals surface area contributed by atoms with Gasteiger partial charge in [0.1, 0.15) is 5.82 Å². The van der Waals surface area contributed by atoms with E-state index in [1.807, 2.05) is 6.92 Å². The van der Waals surface area contributed by atoms with Gasteiger partial charge in [0, 0.05) is 11.6 Å². The van der Waals surface area contributed by atoms with Gasteiger partial charge in [-0.05, 0) is 55.3 Å². The normalized spacial score (nSPS) is 12.4. The van der Waals surface area contributed by atoms with Gasteiger partial charge in [-0.15, -0.1) is 0 Å². The molecule has 146 valence electrons. The van der Waals surface area contributed by atoms with E-state index in [9.17, 15) is 17.6 Å². The van der Waals surface area contributed by atoms with Gasteiger partial charge in [-0.2, -0.15) is 0 Å². The highest BCUT2D eigenvalue weighted by molar-refractivity contribution is 7.92. The molecule has 0 saturated carbocycles. The maximum absolute atomic E-state index is 13.1. The van der Waals surface area contributed by atoms with Crippen LogP contribution in [0.3, 0.4) is 0 Å². The molecule has 2 rings (SSSR count). The van der Waals surface area contributed by atoms with Crippen molar-refractivity contribution in [2.24, 2.45) is 0 Å². The minimum Gasteiger partial charge on any atom is -0.350 e. The number of amides is 1. The van der Waals surface area contributed by atoms with E-state index in [1.54, 1.807) is 36.4 Å². The van der Waals surface area contributed by atoms with E-state index in [1.165, 1.54) is 16.4 Å². The smallest absolute Gasteiger partial charge is 0.251 e. The number of halogens is 1. The maximum Gasteiger partial charge on any atom is 0.251 e. The van der Waals surface area contributed by atoms with Gasteiger partial charge in [0.25, 0.3) is 5.91 Å². The van der Waals surface area contributed by atoms with Crippen molar-refractivity contribution in [2.75, 3.05) is 10.6 Å². The molecule has 0 aliphatic carbocycles. The Hall–Kier alpha value is -2.41. The number of rotatable bonds is 8. The Morgan fingerprint density at radius 3 is 2.22 bits per heavy atom. The SMILES string of the molecule is CCC[C@@H](C)NC(=O)c1ccc(N(Cc2ccc(F)cc2)S(C)(=O)=O)cc1. The van der Waals surface area contributed by atoms with Gasteiger partial charge >= 0.3 is 0 Å². The van der Waals surface area contributed by atoms with Crippen LogP contribution in [-0.4, -0.2) is 26.6 Å². The molecule has 2 aromatic rings. The minimum absolute atomic E-state index is 0.0770. The van der Waals surface area contributed by atoms with Crippen molar-refractivity contribution in [3.05, 3.63) is 65.5 Å². The Kier molecular flexibility index (Phi) is 6.96. The highest BCUT2D eigenvalue weighted by Crippen LogP contribution is 2.21. The summed E-state index contributed by atoms with van der Waals surface area (Å²) in [5.41, 5.74) is 1.58. The Balaban J connectivity index is 2.19. The van der Waals surface area contributed by atoms with Crippen molar-refractivity contribution >= 4 is 21.6 Å². The maximum atomic E-state index is 13.1. The second-order valence-electron chi connectivity index (χ2n) is 6.61. The third-order valence-corrected chi connectivity index (χ3v) is 5.30. The summed E-state index contributed by atoms with van der Waals surface area (Å²) in [5.74, 6) is -0.565. The van der Waals surface area contributed by atoms with Gasteiger partial charge in [-0.1, -0.05) is 25.5 Å². The number of nitrogens with zero attached hydrogens (tertiary/aromatic N) is 1. The Morgan fingerprint density at radius 1 is 1.11 bits per heavy atom. The number of anilines is 1. The zero-order valence-corrected chi connectivity index (χ0v) is 16.6. The van der Waals surface area contributed by atoms with Crippen LogP contribution in [0, 0.1) is 5.82 Å². The standard InChI is InChI=1S/C20H25FN2O3S/c1-4-5-15(2)22-20(24)17-8-12-19(13-9-17)23(27(3,25)26)14-16-6-10-18(21)11-7-16/h6-13,15H,4-5,14H2,1-3H3,(H,22,24)/t15-/m1/s1. The third kappa shape index (κ3) is 6.06. The van der Waals surface area contributed by atoms with Gasteiger partial charge in [-0.25, -0.2) is 12.8 Å². The van der Waals surface area contributed by atoms with Crippen molar-refractivity contribution in [1.29, 1.82) is 0 Å². The van der Waals surface area contributed by atoms with Crippen molar-refractivity contribution < 1.29 is 17.6 Å². The summed E-state index contributed by atoms with van der Waals surface area (Å²) in [6.07, 6.45) is 2.99. The second-order valence-corrected chi connectivity index (χ2v) is 8.51. The Morgan fingerprint density at radius 2 is 1.70 bits per heavy atom. The van der Waals surface area contributed by atoms with E-state index in [2.05, 4.69) is 12.2 Å². The average molecular weight is 392 g/mol. The van der Waals surface area contributed by atoms with Crippen molar-refractivity contribution in [2.45, 2.75) is 39.3 Å². The van der Waals surface area contributed by atoms with Crippen molar-refractivity contribution in [3.63, 3.8) is 0 Å². The quantitative estimate of drug-likeness (QED) is 0.745. The fourth-order valence-electron chi connectivity index (χ4n) is 2.75. The summed E-state index contributed by atoms with van der Waals surface area (Å²) >= 11 is 0. The molecule has 2 aromatic carbocycles. The lowest BCUT2D eigenvalue weighted by molar-refractivity contribution is 0.0938. The van der Waals surface area contributed by atoms with Crippen molar-refractivity contribution in [3.8, 4) is 0 Å². The fourth-order valence-corrected chi connectivity index (χ4v) is 3.64. The van der Waals surface area contributed by atoms with Crippen LogP contribution in [0.4, 0.5) is 10.1 Å². The van der Waals surface area contributed by atoms with Gasteiger partial charge < -0.3 is 5.32 Å². The zero-order valence-electron chi connectivity index (χ0n) is 15.8. The first-order valence-corrected chi connectivity index (χ1v) is 10.7. The molecule has 0 heterocycles. The number of nitrogens with one attached hydrogen (secondary N) is 1. The van der Waals surface area contributed by atoms with Gasteiger partial charge in [0.15, 0.2) is 0 Å². The highest BCUT2D eigenvalue weighted by atomic mass is 32.2. The van der Waals surface area contributed by atoms with Crippen molar-refractivity contribution in [1.82, 2.24) is 5.32 Å². The first kappa shape index (κ1) is 20.9. The van der Waals surface area contributed by atoms with Crippen LogP contribution in [-0.2, 0) is 16.6 Å². The Bertz CT molecular complexity index is 865. The fraction of sp³-hybridized carbons (Fsp3) is 0.350. The Labute approximate surface area is 160 Å². The number of sulfonamides is 1. The first-order valence-electron chi connectivity index (χ1n) is 8.83. The number of benzene rings is 2. The lowest BCUT2D eigenvalue weighted by Gasteiger charge is -2.23. The molecule has 0 unspecified atom stereocenters. The summed E-state index contributed by atoms with van der Waals surface area (Å²) in [6, 6.07) is 12.2. The van der Waals surface area contributed by atoms with Crippen LogP contribution in [0.25, 0.3) is 0 Å². The molecule has 1 N–H and O–H groups in total. The first-order chi connectivity index (χ1) is 12.7. The predicted molar refractivity (Wildman–Crippen MR) is 106 cm³/mol. The van der Waals surface area contributed by atoms with Gasteiger partial charge in [0.05, 0.1) is 18.5 Å². The van der Waals surface area contributed by atoms with Crippen LogP contribution >= 0.6 is 0 Å². The number of carbonyl (C=O) groups is 1. The lowest BCUT2D eigenvalue weighted by atomic mass is 10.1. The molecule has 0 radical (unpaired) electrons. The summed E-state index contributed by atoms with van der Waals surface area (Å²) in [4.78, 5) is 12.3. The number of hydrogen-bond acceptors (Lipinski definition) is 3. The average Bonchev–Trinajstić information content (AvgIpc) is 2.60. The van der Waals surface area contributed by atoms with Crippen LogP contribution < -0.4 is 9.62 Å². The predicted octanol–water partition coefficient (Wildman–Crippen LogP) is 3.71. The summed E-state index contributed by atoms with van der Waals surface area (Å²) in [6.45, 7) is 4.08. The summed E-state index contributed by atoms with van der Waals surface area (Å²) in [5, 5.41) is 2.91. The minimum atomic E-state index is -3.55. The summed E-state index contributed by atoms with van der Waals surface area (Å²) in [7, 11) is -3.55. The highest BCUT2D eigenvalue weighted by Gasteiger charge is 2.19. The molecule has 1 atom stereocenters. The molecule has 1 amide bonds. The molecule has 0 fully saturated rings. The molecular formula is C20H25FN2O3S. The monoisotopic (exact) mass is 392 g/mol. The van der Waals surface area contributed by atoms with E-state index < -0.39 is 10.0 Å². The van der Waals surface area contributed by atoms with Crippen LogP contribution in [0.5, 0.6) is 0 Å². The molecule has 0 aliphatic heterocycles. The van der Waals surface area contributed by atoms with E-state index >= 15 is 0 Å². The van der Waals surface area contributed by atoms with E-state index in [0.717, 1.165) is 19.1 Å². The number of hydrogen-bond donors (Lipinski definition) is 1. The molecule has 27 heavy (non-hydrogen) atoms. The molecule has 5 nitrogen and oxygen atoms in total. The van der Waals surface area contributed by atoms with E-state index in [-0.39, 0.29) is 24.3 Å². The van der Waals surface area contributed by atoms with Gasteiger partial charge in [0.2, 0.25) is 10.0 Å². The molecular weight excluding hydrogens is 367 g/mol. The molecule has 0 saturated heterocycles. The third-order valence-electron chi connectivity index (χ3n) is 4.16. The molecule has 7 heteroatoms. The van der Waals surface area contributed by atoms with E-state index in [0.29, 0.717) is 16.8 Å². The van der Waals surface area contributed by atoms with Crippen LogP contribution in [0.15, 0.2) is 48.5 Å². The zero-order chi connectivity index (χ0) is 20.0.